The number of fused-ring (bicyclic) bond motifs is 4. The Morgan fingerprint density at radius 3 is 2.31 bits per heavy atom. The Kier molecular flexibility index (Phi) is 5.05. The van der Waals surface area contributed by atoms with Gasteiger partial charge in [0.25, 0.3) is 5.56 Å². The van der Waals surface area contributed by atoms with E-state index in [1.54, 1.807) is 34.3 Å². The van der Waals surface area contributed by atoms with Crippen LogP contribution in [0.25, 0.3) is 38.9 Å². The van der Waals surface area contributed by atoms with Crippen LogP contribution in [0.2, 0.25) is 10.0 Å². The molecule has 0 atom stereocenters. The normalized spacial score (nSPS) is 11.7. The number of hydrogen-bond donors (Lipinski definition) is 0. The minimum atomic E-state index is -0.540. The van der Waals surface area contributed by atoms with E-state index < -0.39 is 5.82 Å². The number of rotatable bonds is 3. The van der Waals surface area contributed by atoms with Crippen LogP contribution in [0, 0.1) is 12.7 Å². The van der Waals surface area contributed by atoms with Gasteiger partial charge < -0.3 is 0 Å². The second-order valence-electron chi connectivity index (χ2n) is 8.19. The van der Waals surface area contributed by atoms with E-state index in [9.17, 15) is 9.18 Å². The highest BCUT2D eigenvalue weighted by Gasteiger charge is 2.22. The summed E-state index contributed by atoms with van der Waals surface area (Å²) in [6.45, 7) is 2.09. The van der Waals surface area contributed by atoms with Gasteiger partial charge in [-0.25, -0.2) is 19.3 Å². The molecule has 0 spiro atoms. The fraction of sp³-hybridized carbons (Fsp3) is 0.0769. The summed E-state index contributed by atoms with van der Waals surface area (Å²) in [5, 5.41) is 0.909. The molecule has 0 bridgehead atoms. The lowest BCUT2D eigenvalue weighted by molar-refractivity contribution is 0.628. The van der Waals surface area contributed by atoms with Crippen LogP contribution >= 0.6 is 23.2 Å². The van der Waals surface area contributed by atoms with Gasteiger partial charge in [-0.1, -0.05) is 47.5 Å². The zero-order chi connectivity index (χ0) is 24.3. The number of nitrogens with zero attached hydrogens (tertiary/aromatic N) is 5. The second-order valence-corrected chi connectivity index (χ2v) is 9.04. The molecule has 0 aliphatic rings. The summed E-state index contributed by atoms with van der Waals surface area (Å²) < 4.78 is 17.2. The van der Waals surface area contributed by atoms with Crippen molar-refractivity contribution in [3.8, 4) is 5.69 Å². The largest absolute Gasteiger partial charge is 0.292 e. The molecule has 35 heavy (non-hydrogen) atoms. The predicted molar refractivity (Wildman–Crippen MR) is 136 cm³/mol. The third-order valence-corrected chi connectivity index (χ3v) is 6.51. The van der Waals surface area contributed by atoms with Gasteiger partial charge in [0.2, 0.25) is 0 Å². The summed E-state index contributed by atoms with van der Waals surface area (Å²) in [6, 6.07) is 19.1. The third kappa shape index (κ3) is 3.55. The molecule has 0 amide bonds. The molecule has 3 heterocycles. The molecule has 0 aliphatic carbocycles. The topological polar surface area (TPSA) is 65.6 Å². The van der Waals surface area contributed by atoms with Crippen LogP contribution < -0.4 is 5.56 Å². The first kappa shape index (κ1) is 21.7. The molecule has 0 fully saturated rings. The minimum absolute atomic E-state index is 0.0425. The minimum Gasteiger partial charge on any atom is -0.292 e. The van der Waals surface area contributed by atoms with Gasteiger partial charge in [-0.15, -0.1) is 0 Å². The van der Waals surface area contributed by atoms with Gasteiger partial charge in [-0.3, -0.25) is 13.9 Å². The maximum atomic E-state index is 13.9. The van der Waals surface area contributed by atoms with Crippen LogP contribution in [0.3, 0.4) is 0 Å². The third-order valence-electron chi connectivity index (χ3n) is 5.97. The van der Waals surface area contributed by atoms with Gasteiger partial charge in [0, 0.05) is 5.02 Å². The molecule has 0 aliphatic heterocycles. The van der Waals surface area contributed by atoms with E-state index in [1.807, 2.05) is 36.4 Å². The first-order chi connectivity index (χ1) is 16.9. The summed E-state index contributed by atoms with van der Waals surface area (Å²) in [6.07, 6.45) is 0. The molecule has 3 aromatic carbocycles. The quantitative estimate of drug-likeness (QED) is 0.293. The summed E-state index contributed by atoms with van der Waals surface area (Å²) in [4.78, 5) is 28.2. The average Bonchev–Trinajstić information content (AvgIpc) is 3.16. The van der Waals surface area contributed by atoms with E-state index in [4.69, 9.17) is 38.2 Å². The van der Waals surface area contributed by atoms with Crippen LogP contribution in [0.15, 0.2) is 71.5 Å². The van der Waals surface area contributed by atoms with Crippen molar-refractivity contribution in [2.24, 2.45) is 0 Å². The lowest BCUT2D eigenvalue weighted by Crippen LogP contribution is -2.24. The summed E-state index contributed by atoms with van der Waals surface area (Å²) in [5.41, 5.74) is 3.75. The molecular formula is C26H16Cl2FN5O. The number of para-hydroxylation sites is 2. The number of aryl methyl sites for hydroxylation is 1. The first-order valence-electron chi connectivity index (χ1n) is 10.8. The molecule has 6 rings (SSSR count). The van der Waals surface area contributed by atoms with Gasteiger partial charge >= 0.3 is 0 Å². The number of benzene rings is 3. The lowest BCUT2D eigenvalue weighted by Gasteiger charge is -2.11. The van der Waals surface area contributed by atoms with E-state index in [-0.39, 0.29) is 10.6 Å². The van der Waals surface area contributed by atoms with Crippen molar-refractivity contribution in [1.82, 2.24) is 24.1 Å². The molecule has 0 unspecified atom stereocenters. The Labute approximate surface area is 208 Å². The molecule has 0 saturated carbocycles. The highest BCUT2D eigenvalue weighted by molar-refractivity contribution is 6.31. The van der Waals surface area contributed by atoms with Gasteiger partial charge in [0.05, 0.1) is 28.3 Å². The van der Waals surface area contributed by atoms with Crippen LogP contribution in [-0.2, 0) is 6.54 Å². The zero-order valence-corrected chi connectivity index (χ0v) is 19.8. The van der Waals surface area contributed by atoms with E-state index >= 15 is 0 Å². The number of halogens is 3. The van der Waals surface area contributed by atoms with Crippen molar-refractivity contribution in [3.05, 3.63) is 104 Å². The zero-order valence-electron chi connectivity index (χ0n) is 18.3. The van der Waals surface area contributed by atoms with Crippen LogP contribution in [0.5, 0.6) is 0 Å². The summed E-state index contributed by atoms with van der Waals surface area (Å²) in [7, 11) is 0. The maximum absolute atomic E-state index is 13.9. The lowest BCUT2D eigenvalue weighted by atomic mass is 10.2. The summed E-state index contributed by atoms with van der Waals surface area (Å²) >= 11 is 12.1. The summed E-state index contributed by atoms with van der Waals surface area (Å²) in [5.74, 6) is -0.0264. The first-order valence-corrected chi connectivity index (χ1v) is 11.5. The Bertz CT molecular complexity index is 1840. The SMILES string of the molecule is Cc1nc2c(c(=O)n1Cc1ccc(Cl)cc1)c1nc3ccccc3nc1n2-c1ccc(F)c(Cl)c1. The Morgan fingerprint density at radius 1 is 0.886 bits per heavy atom. The van der Waals surface area contributed by atoms with Crippen molar-refractivity contribution < 1.29 is 4.39 Å². The van der Waals surface area contributed by atoms with E-state index in [0.29, 0.717) is 56.3 Å². The predicted octanol–water partition coefficient (Wildman–Crippen LogP) is 6.09. The Morgan fingerprint density at radius 2 is 1.60 bits per heavy atom. The highest BCUT2D eigenvalue weighted by Crippen LogP contribution is 2.30. The smallest absolute Gasteiger partial charge is 0.265 e. The van der Waals surface area contributed by atoms with Crippen molar-refractivity contribution in [1.29, 1.82) is 0 Å². The second kappa shape index (κ2) is 8.15. The molecule has 172 valence electrons. The van der Waals surface area contributed by atoms with E-state index in [1.165, 1.54) is 12.1 Å². The standard InChI is InChI=1S/C26H16Cl2FN5O/c1-14-30-24-22(26(35)33(14)13-15-6-8-16(27)9-7-15)23-25(32-21-5-3-2-4-20(21)31-23)34(24)17-10-11-19(29)18(28)12-17/h2-12H,13H2,1H3. The van der Waals surface area contributed by atoms with Crippen molar-refractivity contribution >= 4 is 56.4 Å². The molecule has 0 saturated heterocycles. The molecule has 6 nitrogen and oxygen atoms in total. The fourth-order valence-corrected chi connectivity index (χ4v) is 4.56. The van der Waals surface area contributed by atoms with Gasteiger partial charge in [0.1, 0.15) is 22.5 Å². The maximum Gasteiger partial charge on any atom is 0.265 e. The van der Waals surface area contributed by atoms with Gasteiger partial charge in [-0.05, 0) is 55.0 Å². The Hall–Kier alpha value is -3.81. The molecular weight excluding hydrogens is 488 g/mol. The molecule has 0 radical (unpaired) electrons. The number of aromatic nitrogens is 5. The molecule has 0 N–H and O–H groups in total. The van der Waals surface area contributed by atoms with Gasteiger partial charge in [-0.2, -0.15) is 0 Å². The van der Waals surface area contributed by atoms with Gasteiger partial charge in [0.15, 0.2) is 11.3 Å². The van der Waals surface area contributed by atoms with Crippen molar-refractivity contribution in [3.63, 3.8) is 0 Å². The Balaban J connectivity index is 1.71. The van der Waals surface area contributed by atoms with Crippen molar-refractivity contribution in [2.45, 2.75) is 13.5 Å². The van der Waals surface area contributed by atoms with Crippen molar-refractivity contribution in [2.75, 3.05) is 0 Å². The molecule has 3 aromatic heterocycles. The fourth-order valence-electron chi connectivity index (χ4n) is 4.26. The molecule has 9 heteroatoms. The average molecular weight is 504 g/mol. The monoisotopic (exact) mass is 503 g/mol. The van der Waals surface area contributed by atoms with Crippen LogP contribution in [0.4, 0.5) is 4.39 Å². The van der Waals surface area contributed by atoms with E-state index in [2.05, 4.69) is 0 Å². The molecule has 6 aromatic rings. The van der Waals surface area contributed by atoms with E-state index in [0.717, 1.165) is 5.56 Å². The highest BCUT2D eigenvalue weighted by atomic mass is 35.5. The van der Waals surface area contributed by atoms with Crippen LogP contribution in [0.1, 0.15) is 11.4 Å². The number of hydrogen-bond acceptors (Lipinski definition) is 4. The van der Waals surface area contributed by atoms with Crippen LogP contribution in [-0.4, -0.2) is 24.1 Å².